The van der Waals surface area contributed by atoms with Gasteiger partial charge in [-0.2, -0.15) is 0 Å². The molecule has 2 heterocycles. The van der Waals surface area contributed by atoms with Crippen molar-refractivity contribution in [2.45, 2.75) is 65.4 Å². The maximum atomic E-state index is 13.1. The molecule has 10 heteroatoms. The van der Waals surface area contributed by atoms with Crippen LogP contribution in [0.4, 0.5) is 4.79 Å². The number of Topliss-reactive ketones (excluding diaryl/α,β-unsaturated/α-hetero) is 1. The monoisotopic (exact) mass is 739 g/mol. The molecular formula is C45H49N5O5. The van der Waals surface area contributed by atoms with Crippen molar-refractivity contribution in [3.63, 3.8) is 0 Å². The van der Waals surface area contributed by atoms with E-state index in [2.05, 4.69) is 39.6 Å². The summed E-state index contributed by atoms with van der Waals surface area (Å²) in [6.45, 7) is 7.63. The molecule has 0 spiro atoms. The first-order valence-corrected chi connectivity index (χ1v) is 18.5. The lowest BCUT2D eigenvalue weighted by atomic mass is 9.93. The van der Waals surface area contributed by atoms with Crippen molar-refractivity contribution in [2.24, 2.45) is 11.7 Å². The number of pyridine rings is 2. The van der Waals surface area contributed by atoms with E-state index >= 15 is 0 Å². The standard InChI is InChI=1S/C34H38N4O5.C11H11N/c1-34(2,3)43-33(42)38(23-28-10-6-7-20-36-28)22-24-13-15-26(16-14-24)31(39)29(32(40)41)11-8-19-35-21-27-18-17-25-9-4-5-12-30(25)37-27;12-8-10-6-3-5-9-4-1-2-7-11(9)10/h4-7,9-10,12-18,20,29,35H,8,11,19,21-23H2,1-3H3,(H,40,41);1-7H,8,12H2. The molecule has 1 atom stereocenters. The summed E-state index contributed by atoms with van der Waals surface area (Å²) >= 11 is 0. The number of nitrogens with one attached hydrogen (secondary N) is 1. The van der Waals surface area contributed by atoms with Crippen molar-refractivity contribution in [3.05, 3.63) is 156 Å². The van der Waals surface area contributed by atoms with E-state index in [0.29, 0.717) is 37.3 Å². The Morgan fingerprint density at radius 2 is 1.51 bits per heavy atom. The summed E-state index contributed by atoms with van der Waals surface area (Å²) in [6.07, 6.45) is 1.92. The number of ether oxygens (including phenoxy) is 1. The van der Waals surface area contributed by atoms with Crippen LogP contribution in [0, 0.1) is 5.92 Å². The molecule has 1 unspecified atom stereocenters. The largest absolute Gasteiger partial charge is 0.481 e. The highest BCUT2D eigenvalue weighted by atomic mass is 16.6. The average Bonchev–Trinajstić information content (AvgIpc) is 3.18. The number of amides is 1. The molecule has 4 aromatic carbocycles. The first-order chi connectivity index (χ1) is 26.5. The summed E-state index contributed by atoms with van der Waals surface area (Å²) < 4.78 is 5.59. The Hall–Kier alpha value is -5.97. The van der Waals surface area contributed by atoms with Gasteiger partial charge in [0.1, 0.15) is 11.5 Å². The fraction of sp³-hybridized carbons (Fsp3) is 0.267. The maximum Gasteiger partial charge on any atom is 0.410 e. The predicted molar refractivity (Wildman–Crippen MR) is 216 cm³/mol. The number of benzene rings is 4. The first kappa shape index (κ1) is 40.2. The smallest absolute Gasteiger partial charge is 0.410 e. The molecule has 2 aromatic heterocycles. The van der Waals surface area contributed by atoms with Crippen LogP contribution in [-0.2, 0) is 35.7 Å². The van der Waals surface area contributed by atoms with Crippen LogP contribution in [0.25, 0.3) is 21.7 Å². The minimum absolute atomic E-state index is 0.213. The molecule has 284 valence electrons. The number of ketones is 1. The van der Waals surface area contributed by atoms with Crippen molar-refractivity contribution in [3.8, 4) is 0 Å². The van der Waals surface area contributed by atoms with Crippen LogP contribution in [0.15, 0.2) is 128 Å². The maximum absolute atomic E-state index is 13.1. The Morgan fingerprint density at radius 3 is 2.22 bits per heavy atom. The summed E-state index contributed by atoms with van der Waals surface area (Å²) in [6, 6.07) is 38.6. The molecule has 6 rings (SSSR count). The number of hydrogen-bond donors (Lipinski definition) is 3. The SMILES string of the molecule is CC(C)(C)OC(=O)N(Cc1ccc(C(=O)C(CCCNCc2ccc3ccccc3n2)C(=O)O)cc1)Cc1ccccn1.NCc1cccc2ccccc12. The van der Waals surface area contributed by atoms with Gasteiger partial charge in [-0.05, 0) is 86.3 Å². The normalized spacial score (nSPS) is 11.7. The molecule has 55 heavy (non-hydrogen) atoms. The topological polar surface area (TPSA) is 148 Å². The first-order valence-electron chi connectivity index (χ1n) is 18.5. The zero-order chi connectivity index (χ0) is 39.2. The summed E-state index contributed by atoms with van der Waals surface area (Å²) in [4.78, 5) is 48.5. The molecule has 0 aliphatic rings. The number of para-hydroxylation sites is 1. The van der Waals surface area contributed by atoms with Crippen molar-refractivity contribution in [1.82, 2.24) is 20.2 Å². The number of carbonyl (C=O) groups is 3. The van der Waals surface area contributed by atoms with Gasteiger partial charge in [-0.1, -0.05) is 97.1 Å². The second-order valence-electron chi connectivity index (χ2n) is 14.3. The molecule has 0 aliphatic carbocycles. The zero-order valence-electron chi connectivity index (χ0n) is 31.7. The molecule has 0 aliphatic heterocycles. The van der Waals surface area contributed by atoms with E-state index in [-0.39, 0.29) is 19.5 Å². The predicted octanol–water partition coefficient (Wildman–Crippen LogP) is 8.32. The van der Waals surface area contributed by atoms with Gasteiger partial charge in [-0.3, -0.25) is 24.5 Å². The number of carbonyl (C=O) groups excluding carboxylic acids is 2. The third kappa shape index (κ3) is 12.0. The van der Waals surface area contributed by atoms with Crippen LogP contribution in [-0.4, -0.2) is 50.0 Å². The average molecular weight is 740 g/mol. The van der Waals surface area contributed by atoms with Gasteiger partial charge in [-0.25, -0.2) is 4.79 Å². The zero-order valence-corrected chi connectivity index (χ0v) is 31.7. The van der Waals surface area contributed by atoms with Crippen LogP contribution >= 0.6 is 0 Å². The highest BCUT2D eigenvalue weighted by molar-refractivity contribution is 6.08. The Kier molecular flexibility index (Phi) is 14.2. The molecule has 0 saturated heterocycles. The second kappa shape index (κ2) is 19.4. The van der Waals surface area contributed by atoms with Gasteiger partial charge < -0.3 is 20.9 Å². The lowest BCUT2D eigenvalue weighted by molar-refractivity contribution is -0.140. The number of nitrogens with zero attached hydrogens (tertiary/aromatic N) is 3. The third-order valence-electron chi connectivity index (χ3n) is 8.87. The minimum atomic E-state index is -1.14. The van der Waals surface area contributed by atoms with E-state index in [0.717, 1.165) is 22.2 Å². The Labute approximate surface area is 322 Å². The van der Waals surface area contributed by atoms with Gasteiger partial charge in [0.25, 0.3) is 0 Å². The van der Waals surface area contributed by atoms with Crippen LogP contribution in [0.1, 0.15) is 66.5 Å². The number of fused-ring (bicyclic) bond motifs is 2. The van der Waals surface area contributed by atoms with Gasteiger partial charge in [0.2, 0.25) is 0 Å². The van der Waals surface area contributed by atoms with Crippen LogP contribution in [0.5, 0.6) is 0 Å². The number of nitrogens with two attached hydrogens (primary N) is 1. The number of rotatable bonds is 14. The Balaban J connectivity index is 0.000000407. The fourth-order valence-corrected chi connectivity index (χ4v) is 6.09. The Morgan fingerprint density at radius 1 is 0.800 bits per heavy atom. The molecule has 4 N–H and O–H groups in total. The summed E-state index contributed by atoms with van der Waals surface area (Å²) in [7, 11) is 0. The Bertz CT molecular complexity index is 2180. The number of aliphatic carboxylic acids is 1. The highest BCUT2D eigenvalue weighted by Crippen LogP contribution is 2.20. The number of aromatic nitrogens is 2. The van der Waals surface area contributed by atoms with E-state index in [9.17, 15) is 19.5 Å². The van der Waals surface area contributed by atoms with E-state index in [1.807, 2.05) is 72.8 Å². The van der Waals surface area contributed by atoms with Gasteiger partial charge >= 0.3 is 12.1 Å². The van der Waals surface area contributed by atoms with E-state index in [4.69, 9.17) is 10.5 Å². The van der Waals surface area contributed by atoms with Crippen molar-refractivity contribution in [1.29, 1.82) is 0 Å². The summed E-state index contributed by atoms with van der Waals surface area (Å²) in [5, 5.41) is 16.7. The van der Waals surface area contributed by atoms with E-state index in [1.54, 1.807) is 56.1 Å². The molecule has 1 amide bonds. The van der Waals surface area contributed by atoms with Crippen molar-refractivity contribution in [2.75, 3.05) is 6.54 Å². The highest BCUT2D eigenvalue weighted by Gasteiger charge is 2.27. The quantitative estimate of drug-likeness (QED) is 0.0570. The second-order valence-corrected chi connectivity index (χ2v) is 14.3. The molecule has 0 fully saturated rings. The van der Waals surface area contributed by atoms with Crippen molar-refractivity contribution >= 4 is 39.5 Å². The van der Waals surface area contributed by atoms with E-state index in [1.165, 1.54) is 16.3 Å². The molecule has 10 nitrogen and oxygen atoms in total. The van der Waals surface area contributed by atoms with Gasteiger partial charge in [0.15, 0.2) is 5.78 Å². The number of carboxylic acid groups (broad SMARTS) is 1. The molecule has 0 saturated carbocycles. The molecular weight excluding hydrogens is 691 g/mol. The lowest BCUT2D eigenvalue weighted by Crippen LogP contribution is -2.36. The van der Waals surface area contributed by atoms with Crippen LogP contribution in [0.3, 0.4) is 0 Å². The van der Waals surface area contributed by atoms with Gasteiger partial charge in [-0.15, -0.1) is 0 Å². The number of carboxylic acids is 1. The van der Waals surface area contributed by atoms with Gasteiger partial charge in [0, 0.05) is 36.8 Å². The summed E-state index contributed by atoms with van der Waals surface area (Å²) in [5.41, 5.74) is 9.80. The van der Waals surface area contributed by atoms with Crippen molar-refractivity contribution < 1.29 is 24.2 Å². The molecule has 6 aromatic rings. The lowest BCUT2D eigenvalue weighted by Gasteiger charge is -2.27. The van der Waals surface area contributed by atoms with E-state index < -0.39 is 29.4 Å². The fourth-order valence-electron chi connectivity index (χ4n) is 6.09. The molecule has 0 radical (unpaired) electrons. The summed E-state index contributed by atoms with van der Waals surface area (Å²) in [5.74, 6) is -2.72. The van der Waals surface area contributed by atoms with Crippen LogP contribution in [0.2, 0.25) is 0 Å². The third-order valence-corrected chi connectivity index (χ3v) is 8.87. The molecule has 0 bridgehead atoms. The van der Waals surface area contributed by atoms with Crippen LogP contribution < -0.4 is 11.1 Å². The minimum Gasteiger partial charge on any atom is -0.481 e. The number of hydrogen-bond acceptors (Lipinski definition) is 8. The van der Waals surface area contributed by atoms with Gasteiger partial charge in [0.05, 0.1) is 23.4 Å².